The number of rotatable bonds is 5. The molecule has 0 spiro atoms. The molecule has 0 unspecified atom stereocenters. The molecular formula is C25H22FN3O5S. The Morgan fingerprint density at radius 1 is 0.943 bits per heavy atom. The van der Waals surface area contributed by atoms with Gasteiger partial charge in [0.05, 0.1) is 21.5 Å². The fourth-order valence-corrected chi connectivity index (χ4v) is 4.83. The molecule has 180 valence electrons. The van der Waals surface area contributed by atoms with Gasteiger partial charge in [-0.1, -0.05) is 24.3 Å². The fraction of sp³-hybridized carbons (Fsp3) is 0.160. The lowest BCUT2D eigenvalue weighted by Gasteiger charge is -2.27. The first kappa shape index (κ1) is 24.1. The highest BCUT2D eigenvalue weighted by Gasteiger charge is 2.26. The molecule has 3 N–H and O–H groups in total. The quantitative estimate of drug-likeness (QED) is 0.366. The summed E-state index contributed by atoms with van der Waals surface area (Å²) in [7, 11) is -4.00. The van der Waals surface area contributed by atoms with E-state index in [1.807, 2.05) is 4.72 Å². The molecule has 10 heteroatoms. The average Bonchev–Trinajstić information content (AvgIpc) is 2.78. The lowest BCUT2D eigenvalue weighted by Crippen LogP contribution is -2.41. The van der Waals surface area contributed by atoms with E-state index in [-0.39, 0.29) is 21.3 Å². The van der Waals surface area contributed by atoms with Gasteiger partial charge in [0.25, 0.3) is 15.9 Å². The molecule has 4 aromatic rings. The summed E-state index contributed by atoms with van der Waals surface area (Å²) in [4.78, 5) is 39.8. The van der Waals surface area contributed by atoms with Gasteiger partial charge in [-0.2, -0.15) is 0 Å². The largest absolute Gasteiger partial charge is 0.354 e. The minimum absolute atomic E-state index is 0.115. The Labute approximate surface area is 200 Å². The highest BCUT2D eigenvalue weighted by molar-refractivity contribution is 7.90. The number of carbonyl (C=O) groups excluding carboxylic acids is 2. The van der Waals surface area contributed by atoms with Crippen LogP contribution in [-0.4, -0.2) is 25.2 Å². The van der Waals surface area contributed by atoms with E-state index < -0.39 is 33.2 Å². The topological polar surface area (TPSA) is 125 Å². The monoisotopic (exact) mass is 495 g/mol. The van der Waals surface area contributed by atoms with Gasteiger partial charge in [-0.15, -0.1) is 0 Å². The zero-order valence-corrected chi connectivity index (χ0v) is 19.9. The van der Waals surface area contributed by atoms with Crippen LogP contribution in [0.25, 0.3) is 21.8 Å². The number of nitrogens with one attached hydrogen (secondary N) is 3. The summed E-state index contributed by atoms with van der Waals surface area (Å²) in [6.07, 6.45) is 0. The Bertz CT molecular complexity index is 1660. The smallest absolute Gasteiger partial charge is 0.264 e. The normalized spacial score (nSPS) is 12.0. The van der Waals surface area contributed by atoms with Crippen LogP contribution in [0.4, 0.5) is 4.39 Å². The summed E-state index contributed by atoms with van der Waals surface area (Å²) in [5.41, 5.74) is -0.154. The van der Waals surface area contributed by atoms with Crippen molar-refractivity contribution in [2.75, 3.05) is 0 Å². The van der Waals surface area contributed by atoms with Gasteiger partial charge in [0.1, 0.15) is 5.82 Å². The number of para-hydroxylation sites is 1. The maximum absolute atomic E-state index is 14.9. The van der Waals surface area contributed by atoms with Crippen molar-refractivity contribution >= 4 is 43.6 Å². The van der Waals surface area contributed by atoms with Gasteiger partial charge >= 0.3 is 0 Å². The minimum atomic E-state index is -4.00. The number of amides is 2. The minimum Gasteiger partial charge on any atom is -0.354 e. The van der Waals surface area contributed by atoms with Gasteiger partial charge in [-0.05, 0) is 55.8 Å². The summed E-state index contributed by atoms with van der Waals surface area (Å²) in [6.45, 7) is 4.45. The van der Waals surface area contributed by atoms with Crippen LogP contribution in [0, 0.1) is 5.82 Å². The highest BCUT2D eigenvalue weighted by Crippen LogP contribution is 2.24. The van der Waals surface area contributed by atoms with Gasteiger partial charge in [0, 0.05) is 23.2 Å². The molecule has 2 amide bonds. The van der Waals surface area contributed by atoms with Crippen molar-refractivity contribution in [3.05, 3.63) is 87.8 Å². The second kappa shape index (κ2) is 8.62. The first-order valence-electron chi connectivity index (χ1n) is 10.6. The third-order valence-corrected chi connectivity index (χ3v) is 7.08. The molecule has 1 heterocycles. The molecular weight excluding hydrogens is 473 g/mol. The molecule has 0 aliphatic carbocycles. The number of hydrogen-bond donors (Lipinski definition) is 3. The van der Waals surface area contributed by atoms with Crippen molar-refractivity contribution in [1.29, 1.82) is 0 Å². The molecule has 0 bridgehead atoms. The SMILES string of the molecule is CC(=O)NS(=O)(=O)c1ccc(C(C)(C)NC(=O)c2cc3[nH]c4ccccc4c(=O)c3cc2F)cc1. The van der Waals surface area contributed by atoms with Crippen LogP contribution in [0.2, 0.25) is 0 Å². The number of carbonyl (C=O) groups is 2. The van der Waals surface area contributed by atoms with E-state index >= 15 is 0 Å². The van der Waals surface area contributed by atoms with Crippen LogP contribution in [0.15, 0.2) is 70.4 Å². The number of sulfonamides is 1. The van der Waals surface area contributed by atoms with Gasteiger partial charge in [0.2, 0.25) is 5.91 Å². The van der Waals surface area contributed by atoms with Crippen molar-refractivity contribution in [3.63, 3.8) is 0 Å². The summed E-state index contributed by atoms with van der Waals surface area (Å²) in [6, 6.07) is 14.8. The van der Waals surface area contributed by atoms with Crippen LogP contribution in [0.3, 0.4) is 0 Å². The van der Waals surface area contributed by atoms with Crippen molar-refractivity contribution in [2.45, 2.75) is 31.2 Å². The van der Waals surface area contributed by atoms with E-state index in [4.69, 9.17) is 0 Å². The first-order chi connectivity index (χ1) is 16.4. The Morgan fingerprint density at radius 3 is 2.26 bits per heavy atom. The van der Waals surface area contributed by atoms with Crippen molar-refractivity contribution in [1.82, 2.24) is 15.0 Å². The van der Waals surface area contributed by atoms with Crippen molar-refractivity contribution in [2.24, 2.45) is 0 Å². The lowest BCUT2D eigenvalue weighted by atomic mass is 9.93. The maximum atomic E-state index is 14.9. The molecule has 1 aromatic heterocycles. The van der Waals surface area contributed by atoms with E-state index in [0.717, 1.165) is 13.0 Å². The van der Waals surface area contributed by atoms with E-state index in [2.05, 4.69) is 10.3 Å². The number of H-pyrrole nitrogens is 1. The molecule has 0 radical (unpaired) electrons. The van der Waals surface area contributed by atoms with Gasteiger partial charge in [-0.3, -0.25) is 14.4 Å². The van der Waals surface area contributed by atoms with E-state index in [9.17, 15) is 27.2 Å². The molecule has 0 saturated carbocycles. The molecule has 0 aliphatic heterocycles. The van der Waals surface area contributed by atoms with Crippen LogP contribution >= 0.6 is 0 Å². The summed E-state index contributed by atoms with van der Waals surface area (Å²) in [5, 5.41) is 3.30. The third-order valence-electron chi connectivity index (χ3n) is 5.63. The van der Waals surface area contributed by atoms with Crippen molar-refractivity contribution in [3.8, 4) is 0 Å². The summed E-state index contributed by atoms with van der Waals surface area (Å²) < 4.78 is 41.1. The lowest BCUT2D eigenvalue weighted by molar-refractivity contribution is -0.117. The molecule has 35 heavy (non-hydrogen) atoms. The number of benzene rings is 3. The van der Waals surface area contributed by atoms with Crippen molar-refractivity contribution < 1.29 is 22.4 Å². The first-order valence-corrected chi connectivity index (χ1v) is 12.1. The molecule has 0 aliphatic rings. The fourth-order valence-electron chi connectivity index (χ4n) is 3.84. The van der Waals surface area contributed by atoms with E-state index in [0.29, 0.717) is 22.0 Å². The second-order valence-electron chi connectivity index (χ2n) is 8.64. The van der Waals surface area contributed by atoms with E-state index in [1.165, 1.54) is 30.3 Å². The number of aromatic nitrogens is 1. The standard InChI is InChI=1S/C25H22FN3O5S/c1-14(30)29-35(33,34)16-10-8-15(9-11-16)25(2,3)28-24(32)18-13-22-19(12-20(18)26)23(31)17-6-4-5-7-21(17)27-22/h4-13H,1-3H3,(H,27,31)(H,28,32)(H,29,30). The molecule has 8 nitrogen and oxygen atoms in total. The molecule has 0 saturated heterocycles. The predicted molar refractivity (Wildman–Crippen MR) is 130 cm³/mol. The molecule has 0 atom stereocenters. The van der Waals surface area contributed by atoms with Crippen LogP contribution < -0.4 is 15.5 Å². The maximum Gasteiger partial charge on any atom is 0.264 e. The summed E-state index contributed by atoms with van der Waals surface area (Å²) >= 11 is 0. The Morgan fingerprint density at radius 2 is 1.60 bits per heavy atom. The Kier molecular flexibility index (Phi) is 5.93. The molecule has 3 aromatic carbocycles. The number of fused-ring (bicyclic) bond motifs is 2. The second-order valence-corrected chi connectivity index (χ2v) is 10.3. The third kappa shape index (κ3) is 4.65. The van der Waals surface area contributed by atoms with Crippen LogP contribution in [0.1, 0.15) is 36.7 Å². The highest BCUT2D eigenvalue weighted by atomic mass is 32.2. The predicted octanol–water partition coefficient (Wildman–Crippen LogP) is 3.31. The number of halogens is 1. The van der Waals surface area contributed by atoms with Crippen LogP contribution in [0.5, 0.6) is 0 Å². The molecule has 4 rings (SSSR count). The van der Waals surface area contributed by atoms with Gasteiger partial charge in [0.15, 0.2) is 5.43 Å². The van der Waals surface area contributed by atoms with Crippen LogP contribution in [-0.2, 0) is 20.4 Å². The average molecular weight is 496 g/mol. The summed E-state index contributed by atoms with van der Waals surface area (Å²) in [5.74, 6) is -2.27. The molecule has 0 fully saturated rings. The Hall–Kier alpha value is -4.05. The van der Waals surface area contributed by atoms with Gasteiger partial charge < -0.3 is 10.3 Å². The van der Waals surface area contributed by atoms with Gasteiger partial charge in [-0.25, -0.2) is 17.5 Å². The Balaban J connectivity index is 1.65. The van der Waals surface area contributed by atoms with E-state index in [1.54, 1.807) is 38.1 Å². The number of pyridine rings is 1. The zero-order chi connectivity index (χ0) is 25.5. The number of aromatic amines is 1. The number of hydrogen-bond acceptors (Lipinski definition) is 5. The zero-order valence-electron chi connectivity index (χ0n) is 19.1.